The van der Waals surface area contributed by atoms with E-state index in [1.165, 1.54) is 0 Å². The van der Waals surface area contributed by atoms with Gasteiger partial charge in [0.25, 0.3) is 5.91 Å². The van der Waals surface area contributed by atoms with Crippen molar-refractivity contribution < 1.29 is 14.3 Å². The van der Waals surface area contributed by atoms with Gasteiger partial charge in [-0.15, -0.1) is 0 Å². The number of carbonyl (C=O) groups excluding carboxylic acids is 1. The minimum atomic E-state index is -0.514. The zero-order valence-corrected chi connectivity index (χ0v) is 16.0. The van der Waals surface area contributed by atoms with Crippen LogP contribution in [0.15, 0.2) is 53.0 Å². The van der Waals surface area contributed by atoms with Crippen molar-refractivity contribution in [2.45, 2.75) is 38.5 Å². The standard InChI is InChI=1S/C20H22BrNO3/c1-14(25-19-11-5-16(21)6-12-19)20(23)22(17-7-8-17)13-15-3-9-18(24-2)10-4-15/h3-6,9-12,14,17H,7-8,13H2,1-2H3/t14-/m1/s1. The van der Waals surface area contributed by atoms with Crippen molar-refractivity contribution in [1.82, 2.24) is 4.90 Å². The third-order valence-electron chi connectivity index (χ3n) is 4.26. The molecule has 0 aliphatic heterocycles. The summed E-state index contributed by atoms with van der Waals surface area (Å²) < 4.78 is 12.0. The summed E-state index contributed by atoms with van der Waals surface area (Å²) in [6.07, 6.45) is 1.61. The van der Waals surface area contributed by atoms with Crippen molar-refractivity contribution >= 4 is 21.8 Å². The minimum absolute atomic E-state index is 0.0289. The lowest BCUT2D eigenvalue weighted by Gasteiger charge is -2.26. The topological polar surface area (TPSA) is 38.8 Å². The fourth-order valence-corrected chi connectivity index (χ4v) is 2.97. The van der Waals surface area contributed by atoms with Crippen molar-refractivity contribution in [2.24, 2.45) is 0 Å². The van der Waals surface area contributed by atoms with Gasteiger partial charge in [-0.2, -0.15) is 0 Å². The lowest BCUT2D eigenvalue weighted by atomic mass is 10.2. The summed E-state index contributed by atoms with van der Waals surface area (Å²) in [6, 6.07) is 15.7. The first-order chi connectivity index (χ1) is 12.1. The molecule has 5 heteroatoms. The number of carbonyl (C=O) groups is 1. The number of hydrogen-bond acceptors (Lipinski definition) is 3. The van der Waals surface area contributed by atoms with Gasteiger partial charge in [0, 0.05) is 17.1 Å². The Hall–Kier alpha value is -2.01. The molecule has 0 unspecified atom stereocenters. The third-order valence-corrected chi connectivity index (χ3v) is 4.79. The van der Waals surface area contributed by atoms with Gasteiger partial charge in [-0.3, -0.25) is 4.79 Å². The highest BCUT2D eigenvalue weighted by atomic mass is 79.9. The van der Waals surface area contributed by atoms with Crippen molar-refractivity contribution in [2.75, 3.05) is 7.11 Å². The molecule has 0 heterocycles. The van der Waals surface area contributed by atoms with Crippen molar-refractivity contribution in [3.05, 3.63) is 58.6 Å². The first-order valence-corrected chi connectivity index (χ1v) is 9.22. The number of ether oxygens (including phenoxy) is 2. The van der Waals surface area contributed by atoms with Gasteiger partial charge < -0.3 is 14.4 Å². The third kappa shape index (κ3) is 4.75. The van der Waals surface area contributed by atoms with Crippen LogP contribution in [0.4, 0.5) is 0 Å². The maximum Gasteiger partial charge on any atom is 0.263 e. The molecule has 1 saturated carbocycles. The summed E-state index contributed by atoms with van der Waals surface area (Å²) in [5.41, 5.74) is 1.09. The summed E-state index contributed by atoms with van der Waals surface area (Å²) >= 11 is 3.40. The number of hydrogen-bond donors (Lipinski definition) is 0. The van der Waals surface area contributed by atoms with Gasteiger partial charge in [-0.05, 0) is 61.7 Å². The molecule has 132 valence electrons. The van der Waals surface area contributed by atoms with Crippen LogP contribution in [0.3, 0.4) is 0 Å². The highest BCUT2D eigenvalue weighted by Gasteiger charge is 2.35. The molecule has 0 radical (unpaired) electrons. The second-order valence-corrected chi connectivity index (χ2v) is 7.18. The van der Waals surface area contributed by atoms with E-state index in [9.17, 15) is 4.79 Å². The van der Waals surface area contributed by atoms with Crippen LogP contribution in [-0.2, 0) is 11.3 Å². The fourth-order valence-electron chi connectivity index (χ4n) is 2.70. The van der Waals surface area contributed by atoms with Crippen LogP contribution in [-0.4, -0.2) is 30.1 Å². The number of rotatable bonds is 7. The lowest BCUT2D eigenvalue weighted by molar-refractivity contribution is -0.139. The normalized spacial score (nSPS) is 14.7. The van der Waals surface area contributed by atoms with Crippen LogP contribution in [0.25, 0.3) is 0 Å². The van der Waals surface area contributed by atoms with Crippen LogP contribution in [0, 0.1) is 0 Å². The molecule has 0 bridgehead atoms. The number of halogens is 1. The molecule has 25 heavy (non-hydrogen) atoms. The van der Waals surface area contributed by atoms with E-state index in [0.717, 1.165) is 28.6 Å². The number of benzene rings is 2. The molecule has 3 rings (SSSR count). The summed E-state index contributed by atoms with van der Waals surface area (Å²) in [5, 5.41) is 0. The Kier molecular flexibility index (Phi) is 5.63. The zero-order valence-electron chi connectivity index (χ0n) is 14.4. The fraction of sp³-hybridized carbons (Fsp3) is 0.350. The van der Waals surface area contributed by atoms with Gasteiger partial charge in [0.05, 0.1) is 7.11 Å². The molecule has 1 fully saturated rings. The maximum atomic E-state index is 12.9. The van der Waals surface area contributed by atoms with E-state index in [1.807, 2.05) is 60.4 Å². The Balaban J connectivity index is 1.66. The smallest absolute Gasteiger partial charge is 0.263 e. The second-order valence-electron chi connectivity index (χ2n) is 6.26. The van der Waals surface area contributed by atoms with E-state index in [2.05, 4.69) is 15.9 Å². The van der Waals surface area contributed by atoms with Gasteiger partial charge in [0.1, 0.15) is 11.5 Å². The first-order valence-electron chi connectivity index (χ1n) is 8.42. The molecule has 0 N–H and O–H groups in total. The van der Waals surface area contributed by atoms with Crippen molar-refractivity contribution in [3.8, 4) is 11.5 Å². The van der Waals surface area contributed by atoms with E-state index in [1.54, 1.807) is 7.11 Å². The van der Waals surface area contributed by atoms with Gasteiger partial charge in [0.2, 0.25) is 0 Å². The quantitative estimate of drug-likeness (QED) is 0.686. The van der Waals surface area contributed by atoms with E-state index in [4.69, 9.17) is 9.47 Å². The molecule has 1 aliphatic rings. The maximum absolute atomic E-state index is 12.9. The van der Waals surface area contributed by atoms with E-state index in [-0.39, 0.29) is 5.91 Å². The monoisotopic (exact) mass is 403 g/mol. The molecular formula is C20H22BrNO3. The average Bonchev–Trinajstić information content (AvgIpc) is 3.46. The van der Waals surface area contributed by atoms with Crippen molar-refractivity contribution in [1.29, 1.82) is 0 Å². The summed E-state index contributed by atoms with van der Waals surface area (Å²) in [5.74, 6) is 1.55. The molecule has 0 aromatic heterocycles. The Morgan fingerprint density at radius 3 is 2.28 bits per heavy atom. The SMILES string of the molecule is COc1ccc(CN(C(=O)[C@@H](C)Oc2ccc(Br)cc2)C2CC2)cc1. The molecule has 1 atom stereocenters. The van der Waals surface area contributed by atoms with E-state index >= 15 is 0 Å². The largest absolute Gasteiger partial charge is 0.497 e. The Labute approximate surface area is 156 Å². The van der Waals surface area contributed by atoms with Crippen LogP contribution in [0.2, 0.25) is 0 Å². The van der Waals surface area contributed by atoms with Crippen LogP contribution in [0.1, 0.15) is 25.3 Å². The lowest BCUT2D eigenvalue weighted by Crippen LogP contribution is -2.41. The zero-order chi connectivity index (χ0) is 17.8. The average molecular weight is 404 g/mol. The van der Waals surface area contributed by atoms with E-state index in [0.29, 0.717) is 18.3 Å². The predicted molar refractivity (Wildman–Crippen MR) is 101 cm³/mol. The number of nitrogens with zero attached hydrogens (tertiary/aromatic N) is 1. The molecule has 1 aliphatic carbocycles. The molecule has 0 spiro atoms. The van der Waals surface area contributed by atoms with Gasteiger partial charge in [-0.25, -0.2) is 0 Å². The Morgan fingerprint density at radius 1 is 1.12 bits per heavy atom. The molecule has 2 aromatic carbocycles. The number of methoxy groups -OCH3 is 1. The Bertz CT molecular complexity index is 711. The molecule has 0 saturated heterocycles. The molecule has 2 aromatic rings. The van der Waals surface area contributed by atoms with Crippen LogP contribution >= 0.6 is 15.9 Å². The first kappa shape index (κ1) is 17.8. The highest BCUT2D eigenvalue weighted by molar-refractivity contribution is 9.10. The molecular weight excluding hydrogens is 382 g/mol. The Morgan fingerprint density at radius 2 is 1.72 bits per heavy atom. The highest BCUT2D eigenvalue weighted by Crippen LogP contribution is 2.30. The molecule has 1 amide bonds. The van der Waals surface area contributed by atoms with Gasteiger partial charge >= 0.3 is 0 Å². The second kappa shape index (κ2) is 7.91. The van der Waals surface area contributed by atoms with Crippen molar-refractivity contribution in [3.63, 3.8) is 0 Å². The number of amides is 1. The van der Waals surface area contributed by atoms with Crippen LogP contribution < -0.4 is 9.47 Å². The predicted octanol–water partition coefficient (Wildman–Crippen LogP) is 4.42. The minimum Gasteiger partial charge on any atom is -0.497 e. The summed E-state index contributed by atoms with van der Waals surface area (Å²) in [7, 11) is 1.65. The van der Waals surface area contributed by atoms with E-state index < -0.39 is 6.10 Å². The van der Waals surface area contributed by atoms with Gasteiger partial charge in [-0.1, -0.05) is 28.1 Å². The summed E-state index contributed by atoms with van der Waals surface area (Å²) in [6.45, 7) is 2.41. The molecule has 4 nitrogen and oxygen atoms in total. The summed E-state index contributed by atoms with van der Waals surface area (Å²) in [4.78, 5) is 14.8. The van der Waals surface area contributed by atoms with Gasteiger partial charge in [0.15, 0.2) is 6.10 Å². The van der Waals surface area contributed by atoms with Crippen LogP contribution in [0.5, 0.6) is 11.5 Å².